The van der Waals surface area contributed by atoms with E-state index in [4.69, 9.17) is 12.2 Å². The quantitative estimate of drug-likeness (QED) is 0.599. The highest BCUT2D eigenvalue weighted by Crippen LogP contribution is 2.47. The van der Waals surface area contributed by atoms with Crippen molar-refractivity contribution in [1.29, 1.82) is 0 Å². The summed E-state index contributed by atoms with van der Waals surface area (Å²) in [6.45, 7) is 0. The molecule has 1 amide bonds. The lowest BCUT2D eigenvalue weighted by Crippen LogP contribution is -2.44. The zero-order valence-corrected chi connectivity index (χ0v) is 13.1. The third kappa shape index (κ3) is 4.04. The summed E-state index contributed by atoms with van der Waals surface area (Å²) in [4.78, 5) is 12.1. The highest BCUT2D eigenvalue weighted by molar-refractivity contribution is 7.80. The number of hydrogen-bond acceptors (Lipinski definition) is 2. The van der Waals surface area contributed by atoms with Crippen molar-refractivity contribution in [3.63, 3.8) is 0 Å². The van der Waals surface area contributed by atoms with E-state index in [2.05, 4.69) is 16.2 Å². The number of carbonyl (C=O) groups excluding carboxylic acids is 1. The summed E-state index contributed by atoms with van der Waals surface area (Å²) in [7, 11) is 0. The lowest BCUT2D eigenvalue weighted by Gasteiger charge is -2.11. The summed E-state index contributed by atoms with van der Waals surface area (Å²) in [5.41, 5.74) is 7.10. The first-order valence-corrected chi connectivity index (χ1v) is 7.71. The summed E-state index contributed by atoms with van der Waals surface area (Å²) < 4.78 is 12.8. The topological polar surface area (TPSA) is 53.2 Å². The van der Waals surface area contributed by atoms with Gasteiger partial charge in [-0.1, -0.05) is 30.3 Å². The summed E-state index contributed by atoms with van der Waals surface area (Å²) in [6.07, 6.45) is 0.843. The number of nitrogens with one attached hydrogen (secondary N) is 3. The molecule has 0 radical (unpaired) electrons. The predicted octanol–water partition coefficient (Wildman–Crippen LogP) is 2.95. The van der Waals surface area contributed by atoms with Crippen molar-refractivity contribution in [3.05, 3.63) is 66.0 Å². The Morgan fingerprint density at radius 1 is 1.04 bits per heavy atom. The van der Waals surface area contributed by atoms with Gasteiger partial charge in [-0.15, -0.1) is 0 Å². The van der Waals surface area contributed by atoms with E-state index in [-0.39, 0.29) is 28.7 Å². The second kappa shape index (κ2) is 6.75. The average Bonchev–Trinajstić information content (AvgIpc) is 3.36. The smallest absolute Gasteiger partial charge is 0.242 e. The van der Waals surface area contributed by atoms with Gasteiger partial charge in [-0.2, -0.15) is 0 Å². The lowest BCUT2D eigenvalue weighted by molar-refractivity contribution is -0.122. The van der Waals surface area contributed by atoms with Gasteiger partial charge in [0, 0.05) is 11.6 Å². The molecule has 1 aliphatic carbocycles. The molecule has 3 rings (SSSR count). The molecule has 1 fully saturated rings. The molecule has 2 aromatic rings. The van der Waals surface area contributed by atoms with Gasteiger partial charge in [-0.25, -0.2) is 4.39 Å². The van der Waals surface area contributed by atoms with Crippen LogP contribution in [-0.4, -0.2) is 11.0 Å². The third-order valence-corrected chi connectivity index (χ3v) is 3.96. The number of thiocarbonyl (C=S) groups is 1. The van der Waals surface area contributed by atoms with Gasteiger partial charge in [0.25, 0.3) is 0 Å². The minimum absolute atomic E-state index is 0.0291. The van der Waals surface area contributed by atoms with Crippen molar-refractivity contribution in [3.8, 4) is 0 Å². The zero-order chi connectivity index (χ0) is 16.2. The number of amides is 1. The van der Waals surface area contributed by atoms with Crippen molar-refractivity contribution in [2.75, 3.05) is 5.32 Å². The van der Waals surface area contributed by atoms with E-state index >= 15 is 0 Å². The molecule has 0 aliphatic heterocycles. The van der Waals surface area contributed by atoms with Gasteiger partial charge in [0.15, 0.2) is 5.11 Å². The van der Waals surface area contributed by atoms with E-state index in [1.807, 2.05) is 30.3 Å². The van der Waals surface area contributed by atoms with Crippen LogP contribution in [0.4, 0.5) is 10.1 Å². The van der Waals surface area contributed by atoms with Crippen molar-refractivity contribution >= 4 is 28.9 Å². The van der Waals surface area contributed by atoms with Gasteiger partial charge < -0.3 is 5.32 Å². The fraction of sp³-hybridized carbons (Fsp3) is 0.176. The van der Waals surface area contributed by atoms with Gasteiger partial charge >= 0.3 is 0 Å². The monoisotopic (exact) mass is 329 g/mol. The summed E-state index contributed by atoms with van der Waals surface area (Å²) in [5, 5.41) is 3.12. The second-order valence-corrected chi connectivity index (χ2v) is 5.84. The molecule has 23 heavy (non-hydrogen) atoms. The number of carbonyl (C=O) groups is 1. The SMILES string of the molecule is O=C(NNC(=S)Nc1ccc(F)cc1)[C@@H]1C[C@H]1c1ccccc1. The van der Waals surface area contributed by atoms with E-state index in [9.17, 15) is 9.18 Å². The van der Waals surface area contributed by atoms with Crippen LogP contribution in [0.25, 0.3) is 0 Å². The van der Waals surface area contributed by atoms with Crippen LogP contribution in [0.2, 0.25) is 0 Å². The fourth-order valence-electron chi connectivity index (χ4n) is 2.46. The predicted molar refractivity (Wildman–Crippen MR) is 91.2 cm³/mol. The highest BCUT2D eigenvalue weighted by Gasteiger charge is 2.43. The molecule has 4 nitrogen and oxygen atoms in total. The van der Waals surface area contributed by atoms with Crippen molar-refractivity contribution < 1.29 is 9.18 Å². The molecule has 0 saturated heterocycles. The Bertz CT molecular complexity index is 706. The molecule has 2 aromatic carbocycles. The number of anilines is 1. The van der Waals surface area contributed by atoms with Crippen molar-refractivity contribution in [1.82, 2.24) is 10.9 Å². The fourth-order valence-corrected chi connectivity index (χ4v) is 2.63. The van der Waals surface area contributed by atoms with Gasteiger partial charge in [0.05, 0.1) is 0 Å². The Labute approximate surface area is 139 Å². The van der Waals surface area contributed by atoms with E-state index < -0.39 is 0 Å². The number of hydrazine groups is 1. The van der Waals surface area contributed by atoms with Gasteiger partial charge in [0.1, 0.15) is 5.82 Å². The molecule has 1 saturated carbocycles. The molecular weight excluding hydrogens is 313 g/mol. The molecule has 118 valence electrons. The Morgan fingerprint density at radius 2 is 1.74 bits per heavy atom. The van der Waals surface area contributed by atoms with Crippen LogP contribution < -0.4 is 16.2 Å². The van der Waals surface area contributed by atoms with E-state index in [1.165, 1.54) is 17.7 Å². The maximum atomic E-state index is 12.8. The standard InChI is InChI=1S/C17H16FN3OS/c18-12-6-8-13(9-7-12)19-17(23)21-20-16(22)15-10-14(15)11-4-2-1-3-5-11/h1-9,14-15H,10H2,(H,20,22)(H2,19,21,23)/t14-,15+/m0/s1. The Hall–Kier alpha value is -2.47. The van der Waals surface area contributed by atoms with E-state index in [1.54, 1.807) is 12.1 Å². The van der Waals surface area contributed by atoms with Gasteiger partial charge in [0.2, 0.25) is 5.91 Å². The first-order chi connectivity index (χ1) is 11.1. The minimum atomic E-state index is -0.316. The molecule has 6 heteroatoms. The molecule has 2 atom stereocenters. The van der Waals surface area contributed by atoms with Crippen LogP contribution >= 0.6 is 12.2 Å². The molecule has 3 N–H and O–H groups in total. The lowest BCUT2D eigenvalue weighted by atomic mass is 10.1. The van der Waals surface area contributed by atoms with Crippen LogP contribution in [-0.2, 0) is 4.79 Å². The number of benzene rings is 2. The maximum Gasteiger partial charge on any atom is 0.242 e. The van der Waals surface area contributed by atoms with E-state index in [0.717, 1.165) is 6.42 Å². The second-order valence-electron chi connectivity index (χ2n) is 5.43. The number of rotatable bonds is 3. The molecule has 0 unspecified atom stereocenters. The van der Waals surface area contributed by atoms with Crippen molar-refractivity contribution in [2.45, 2.75) is 12.3 Å². The minimum Gasteiger partial charge on any atom is -0.331 e. The molecule has 0 spiro atoms. The number of halogens is 1. The molecule has 1 aliphatic rings. The molecule has 0 bridgehead atoms. The number of hydrogen-bond donors (Lipinski definition) is 3. The maximum absolute atomic E-state index is 12.8. The van der Waals surface area contributed by atoms with Crippen LogP contribution in [0, 0.1) is 11.7 Å². The summed E-state index contributed by atoms with van der Waals surface area (Å²) in [6, 6.07) is 15.8. The third-order valence-electron chi connectivity index (χ3n) is 3.76. The van der Waals surface area contributed by atoms with Gasteiger partial charge in [-0.05, 0) is 54.4 Å². The molecular formula is C17H16FN3OS. The Morgan fingerprint density at radius 3 is 2.43 bits per heavy atom. The van der Waals surface area contributed by atoms with E-state index in [0.29, 0.717) is 5.69 Å². The normalized spacial score (nSPS) is 18.8. The van der Waals surface area contributed by atoms with Crippen LogP contribution in [0.3, 0.4) is 0 Å². The first-order valence-electron chi connectivity index (χ1n) is 7.31. The average molecular weight is 329 g/mol. The molecule has 0 heterocycles. The highest BCUT2D eigenvalue weighted by atomic mass is 32.1. The Kier molecular flexibility index (Phi) is 4.52. The Balaban J connectivity index is 1.44. The van der Waals surface area contributed by atoms with Crippen LogP contribution in [0.15, 0.2) is 54.6 Å². The van der Waals surface area contributed by atoms with Crippen molar-refractivity contribution in [2.24, 2.45) is 5.92 Å². The largest absolute Gasteiger partial charge is 0.331 e. The van der Waals surface area contributed by atoms with Gasteiger partial charge in [-0.3, -0.25) is 15.6 Å². The summed E-state index contributed by atoms with van der Waals surface area (Å²) >= 11 is 5.09. The first kappa shape index (κ1) is 15.4. The molecule has 0 aromatic heterocycles. The zero-order valence-electron chi connectivity index (χ0n) is 12.3. The summed E-state index contributed by atoms with van der Waals surface area (Å²) in [5.74, 6) is -0.152. The van der Waals surface area contributed by atoms with Crippen LogP contribution in [0.1, 0.15) is 17.9 Å². The van der Waals surface area contributed by atoms with Crippen LogP contribution in [0.5, 0.6) is 0 Å².